The van der Waals surface area contributed by atoms with Crippen LogP contribution in [-0.2, 0) is 21.4 Å². The summed E-state index contributed by atoms with van der Waals surface area (Å²) >= 11 is 0. The second kappa shape index (κ2) is 12.0. The molecule has 2 amide bonds. The van der Waals surface area contributed by atoms with Gasteiger partial charge >= 0.3 is 0 Å². The first kappa shape index (κ1) is 25.8. The topological polar surface area (TPSA) is 58.6 Å². The Kier molecular flexibility index (Phi) is 9.14. The smallest absolute Gasteiger partial charge is 0.261 e. The fraction of sp³-hybridized carbons (Fsp3) is 0.517. The molecule has 184 valence electrons. The molecule has 0 aromatic heterocycles. The van der Waals surface area contributed by atoms with Crippen molar-refractivity contribution >= 4 is 11.8 Å². The molecule has 1 N–H and O–H groups in total. The second-order valence-corrected chi connectivity index (χ2v) is 10.4. The molecule has 3 rings (SSSR count). The number of rotatable bonds is 9. The van der Waals surface area contributed by atoms with Gasteiger partial charge in [-0.15, -0.1) is 0 Å². The summed E-state index contributed by atoms with van der Waals surface area (Å²) in [5.74, 6) is 0.458. The van der Waals surface area contributed by atoms with E-state index in [0.717, 1.165) is 36.8 Å². The first-order valence-corrected chi connectivity index (χ1v) is 12.6. The van der Waals surface area contributed by atoms with Gasteiger partial charge in [0.25, 0.3) is 5.91 Å². The summed E-state index contributed by atoms with van der Waals surface area (Å²) in [6.45, 7) is 8.57. The van der Waals surface area contributed by atoms with Crippen LogP contribution < -0.4 is 10.1 Å². The highest BCUT2D eigenvalue weighted by Gasteiger charge is 2.28. The maximum atomic E-state index is 13.4. The van der Waals surface area contributed by atoms with E-state index in [-0.39, 0.29) is 29.9 Å². The zero-order valence-electron chi connectivity index (χ0n) is 21.2. The molecule has 1 unspecified atom stereocenters. The van der Waals surface area contributed by atoms with Crippen molar-refractivity contribution in [1.82, 2.24) is 10.2 Å². The average Bonchev–Trinajstić information content (AvgIpc) is 2.83. The van der Waals surface area contributed by atoms with E-state index in [1.807, 2.05) is 61.5 Å². The number of benzene rings is 2. The van der Waals surface area contributed by atoms with Crippen molar-refractivity contribution in [3.8, 4) is 5.75 Å². The summed E-state index contributed by atoms with van der Waals surface area (Å²) in [6, 6.07) is 17.6. The number of carbonyl (C=O) groups is 2. The first-order valence-electron chi connectivity index (χ1n) is 12.6. The van der Waals surface area contributed by atoms with Crippen LogP contribution in [0.1, 0.15) is 70.9 Å². The van der Waals surface area contributed by atoms with Crippen molar-refractivity contribution in [1.29, 1.82) is 0 Å². The number of amides is 2. The number of nitrogens with one attached hydrogen (secondary N) is 1. The number of hydrogen-bond donors (Lipinski definition) is 1. The molecule has 0 radical (unpaired) electrons. The maximum Gasteiger partial charge on any atom is 0.261 e. The van der Waals surface area contributed by atoms with Gasteiger partial charge in [-0.25, -0.2) is 0 Å². The van der Waals surface area contributed by atoms with E-state index in [4.69, 9.17) is 4.74 Å². The molecular weight excluding hydrogens is 424 g/mol. The third-order valence-electron chi connectivity index (χ3n) is 6.65. The highest BCUT2D eigenvalue weighted by Crippen LogP contribution is 2.31. The van der Waals surface area contributed by atoms with Gasteiger partial charge in [0, 0.05) is 12.6 Å². The molecule has 0 aliphatic heterocycles. The minimum atomic E-state index is -0.556. The molecule has 1 fully saturated rings. The predicted octanol–water partition coefficient (Wildman–Crippen LogP) is 5.27. The van der Waals surface area contributed by atoms with Crippen molar-refractivity contribution in [2.24, 2.45) is 0 Å². The Bertz CT molecular complexity index is 930. The molecule has 0 spiro atoms. The van der Waals surface area contributed by atoms with Crippen molar-refractivity contribution in [3.63, 3.8) is 0 Å². The molecule has 0 heterocycles. The van der Waals surface area contributed by atoms with Gasteiger partial charge in [-0.2, -0.15) is 0 Å². The Morgan fingerprint density at radius 3 is 2.32 bits per heavy atom. The molecule has 2 aromatic carbocycles. The lowest BCUT2D eigenvalue weighted by Crippen LogP contribution is -2.52. The molecular formula is C29H40N2O3. The van der Waals surface area contributed by atoms with E-state index in [1.54, 1.807) is 4.90 Å². The largest absolute Gasteiger partial charge is 0.483 e. The van der Waals surface area contributed by atoms with Gasteiger partial charge in [0.2, 0.25) is 5.91 Å². The fourth-order valence-corrected chi connectivity index (χ4v) is 4.57. The number of carbonyl (C=O) groups excluding carboxylic acids is 2. The highest BCUT2D eigenvalue weighted by molar-refractivity contribution is 5.88. The van der Waals surface area contributed by atoms with E-state index >= 15 is 0 Å². The van der Waals surface area contributed by atoms with E-state index in [2.05, 4.69) is 26.1 Å². The lowest BCUT2D eigenvalue weighted by molar-refractivity contribution is -0.141. The third kappa shape index (κ3) is 7.34. The Labute approximate surface area is 204 Å². The van der Waals surface area contributed by atoms with Crippen LogP contribution >= 0.6 is 0 Å². The van der Waals surface area contributed by atoms with Crippen LogP contribution in [0.4, 0.5) is 0 Å². The minimum Gasteiger partial charge on any atom is -0.483 e. The quantitative estimate of drug-likeness (QED) is 0.550. The normalized spacial score (nSPS) is 15.4. The molecule has 1 aliphatic carbocycles. The van der Waals surface area contributed by atoms with Crippen molar-refractivity contribution in [3.05, 3.63) is 65.7 Å². The van der Waals surface area contributed by atoms with Crippen LogP contribution in [0.2, 0.25) is 0 Å². The lowest BCUT2D eigenvalue weighted by atomic mass is 9.86. The second-order valence-electron chi connectivity index (χ2n) is 10.4. The van der Waals surface area contributed by atoms with Crippen LogP contribution in [0.25, 0.3) is 0 Å². The summed E-state index contributed by atoms with van der Waals surface area (Å²) in [4.78, 5) is 28.1. The zero-order chi connectivity index (χ0) is 24.6. The van der Waals surface area contributed by atoms with E-state index in [0.29, 0.717) is 18.7 Å². The van der Waals surface area contributed by atoms with Crippen molar-refractivity contribution in [2.75, 3.05) is 13.2 Å². The van der Waals surface area contributed by atoms with Gasteiger partial charge in [0.15, 0.2) is 6.61 Å². The summed E-state index contributed by atoms with van der Waals surface area (Å²) < 4.78 is 6.02. The van der Waals surface area contributed by atoms with Gasteiger partial charge < -0.3 is 15.0 Å². The molecule has 1 aliphatic rings. The number of ether oxygens (including phenoxy) is 1. The average molecular weight is 465 g/mol. The Hall–Kier alpha value is -2.82. The molecule has 1 saturated carbocycles. The summed E-state index contributed by atoms with van der Waals surface area (Å²) in [6.07, 6.45) is 6.25. The third-order valence-corrected chi connectivity index (χ3v) is 6.65. The van der Waals surface area contributed by atoms with Crippen LogP contribution in [0, 0.1) is 0 Å². The molecule has 2 aromatic rings. The van der Waals surface area contributed by atoms with Gasteiger partial charge in [-0.1, -0.05) is 88.6 Å². The maximum absolute atomic E-state index is 13.4. The first-order chi connectivity index (χ1) is 16.3. The standard InChI is InChI=1S/C29H40N2O3/c1-22(28(33)30-24-15-9-6-10-16-24)31(20-19-23-13-7-5-8-14-23)27(32)21-34-26-18-12-11-17-25(26)29(2,3)4/h5,7-8,11-14,17-18,22,24H,6,9-10,15-16,19-21H2,1-4H3,(H,30,33). The van der Waals surface area contributed by atoms with Crippen molar-refractivity contribution in [2.45, 2.75) is 83.7 Å². The van der Waals surface area contributed by atoms with Gasteiger partial charge in [0.1, 0.15) is 11.8 Å². The molecule has 5 heteroatoms. The monoisotopic (exact) mass is 464 g/mol. The Morgan fingerprint density at radius 2 is 1.65 bits per heavy atom. The molecule has 34 heavy (non-hydrogen) atoms. The van der Waals surface area contributed by atoms with E-state index < -0.39 is 6.04 Å². The van der Waals surface area contributed by atoms with Crippen LogP contribution in [0.3, 0.4) is 0 Å². The van der Waals surface area contributed by atoms with E-state index in [1.165, 1.54) is 6.42 Å². The Morgan fingerprint density at radius 1 is 1.00 bits per heavy atom. The number of hydrogen-bond acceptors (Lipinski definition) is 3. The van der Waals surface area contributed by atoms with Gasteiger partial charge in [0.05, 0.1) is 0 Å². The van der Waals surface area contributed by atoms with Crippen molar-refractivity contribution < 1.29 is 14.3 Å². The SMILES string of the molecule is CC(C(=O)NC1CCCCC1)N(CCc1ccccc1)C(=O)COc1ccccc1C(C)(C)C. The summed E-state index contributed by atoms with van der Waals surface area (Å²) in [5.41, 5.74) is 2.10. The lowest BCUT2D eigenvalue weighted by Gasteiger charge is -2.31. The Balaban J connectivity index is 1.70. The highest BCUT2D eigenvalue weighted by atomic mass is 16.5. The molecule has 5 nitrogen and oxygen atoms in total. The van der Waals surface area contributed by atoms with Crippen LogP contribution in [0.5, 0.6) is 5.75 Å². The molecule has 0 bridgehead atoms. The van der Waals surface area contributed by atoms with Crippen LogP contribution in [-0.4, -0.2) is 41.9 Å². The van der Waals surface area contributed by atoms with E-state index in [9.17, 15) is 9.59 Å². The zero-order valence-corrected chi connectivity index (χ0v) is 21.2. The number of para-hydroxylation sites is 1. The fourth-order valence-electron chi connectivity index (χ4n) is 4.57. The van der Waals surface area contributed by atoms with Crippen LogP contribution in [0.15, 0.2) is 54.6 Å². The predicted molar refractivity (Wildman–Crippen MR) is 137 cm³/mol. The minimum absolute atomic E-state index is 0.0802. The van der Waals surface area contributed by atoms with Gasteiger partial charge in [-0.3, -0.25) is 9.59 Å². The summed E-state index contributed by atoms with van der Waals surface area (Å²) in [5, 5.41) is 3.18. The summed E-state index contributed by atoms with van der Waals surface area (Å²) in [7, 11) is 0. The number of nitrogens with zero attached hydrogens (tertiary/aromatic N) is 1. The molecule has 0 saturated heterocycles. The molecule has 1 atom stereocenters. The van der Waals surface area contributed by atoms with Gasteiger partial charge in [-0.05, 0) is 48.8 Å².